The largest absolute Gasteiger partial charge is 0.464 e. The molecule has 0 aliphatic carbocycles. The number of hydrogen-bond donors (Lipinski definition) is 1. The number of nitro groups is 1. The molecule has 0 saturated carbocycles. The zero-order valence-electron chi connectivity index (χ0n) is 10.7. The second-order valence-electron chi connectivity index (χ2n) is 3.92. The van der Waals surface area contributed by atoms with Crippen LogP contribution in [0.25, 0.3) is 0 Å². The molecule has 18 heavy (non-hydrogen) atoms. The predicted molar refractivity (Wildman–Crippen MR) is 71.5 cm³/mol. The second kappa shape index (κ2) is 7.07. The van der Waals surface area contributed by atoms with Gasteiger partial charge in [0.1, 0.15) is 16.5 Å². The van der Waals surface area contributed by atoms with Crippen molar-refractivity contribution < 1.29 is 9.34 Å². The van der Waals surface area contributed by atoms with Crippen LogP contribution in [0.5, 0.6) is 0 Å². The molecule has 6 nitrogen and oxygen atoms in total. The molecule has 0 amide bonds. The summed E-state index contributed by atoms with van der Waals surface area (Å²) in [7, 11) is 5.59. The third-order valence-corrected chi connectivity index (χ3v) is 3.08. The molecule has 0 saturated heterocycles. The van der Waals surface area contributed by atoms with Gasteiger partial charge in [-0.25, -0.2) is 0 Å². The van der Waals surface area contributed by atoms with Crippen LogP contribution in [0.1, 0.15) is 11.5 Å². The summed E-state index contributed by atoms with van der Waals surface area (Å²) in [5.74, 6) is 2.26. The Morgan fingerprint density at radius 1 is 1.56 bits per heavy atom. The molecule has 0 spiro atoms. The summed E-state index contributed by atoms with van der Waals surface area (Å²) in [6.07, 6.45) is 0.953. The molecule has 1 heterocycles. The molecule has 1 aromatic rings. The Morgan fingerprint density at radius 3 is 2.78 bits per heavy atom. The maximum Gasteiger partial charge on any atom is 0.263 e. The molecule has 0 bridgehead atoms. The maximum atomic E-state index is 10.4. The molecular formula is C11H17N3O3S. The van der Waals surface area contributed by atoms with Crippen molar-refractivity contribution in [2.45, 2.75) is 12.3 Å². The Morgan fingerprint density at radius 2 is 2.22 bits per heavy atom. The van der Waals surface area contributed by atoms with Crippen molar-refractivity contribution in [3.05, 3.63) is 45.0 Å². The van der Waals surface area contributed by atoms with Crippen LogP contribution in [0.2, 0.25) is 0 Å². The number of furan rings is 1. The van der Waals surface area contributed by atoms with Crippen molar-refractivity contribution in [2.24, 2.45) is 0 Å². The van der Waals surface area contributed by atoms with Gasteiger partial charge in [-0.05, 0) is 26.2 Å². The molecule has 1 rings (SSSR count). The highest BCUT2D eigenvalue weighted by Gasteiger charge is 2.06. The monoisotopic (exact) mass is 271 g/mol. The zero-order chi connectivity index (χ0) is 13.5. The van der Waals surface area contributed by atoms with E-state index in [2.05, 4.69) is 5.32 Å². The maximum absolute atomic E-state index is 10.4. The fourth-order valence-corrected chi connectivity index (χ4v) is 2.07. The van der Waals surface area contributed by atoms with E-state index >= 15 is 0 Å². The van der Waals surface area contributed by atoms with E-state index in [1.165, 1.54) is 11.8 Å². The Kier molecular flexibility index (Phi) is 5.73. The Bertz CT molecular complexity index is 429. The van der Waals surface area contributed by atoms with Crippen molar-refractivity contribution in [2.75, 3.05) is 21.1 Å². The lowest BCUT2D eigenvalue weighted by Crippen LogP contribution is -2.09. The summed E-state index contributed by atoms with van der Waals surface area (Å²) in [5, 5.41) is 13.6. The molecule has 7 heteroatoms. The summed E-state index contributed by atoms with van der Waals surface area (Å²) in [5.41, 5.74) is 0. The number of hydrogen-bond acceptors (Lipinski definition) is 6. The smallest absolute Gasteiger partial charge is 0.263 e. The minimum absolute atomic E-state index is 0.474. The van der Waals surface area contributed by atoms with Crippen LogP contribution < -0.4 is 5.32 Å². The minimum Gasteiger partial charge on any atom is -0.464 e. The standard InChI is InChI=1S/C11H17N3O3S/c1-12-11(7-14(15)16)18-8-10-5-4-9(17-10)6-13(2)3/h4-5,7,12H,6,8H2,1-3H3. The minimum atomic E-state index is -0.474. The molecule has 0 aromatic carbocycles. The number of rotatable bonds is 7. The van der Waals surface area contributed by atoms with Crippen LogP contribution in [0, 0.1) is 10.1 Å². The van der Waals surface area contributed by atoms with E-state index < -0.39 is 4.92 Å². The van der Waals surface area contributed by atoms with Crippen LogP contribution in [0.3, 0.4) is 0 Å². The molecule has 0 radical (unpaired) electrons. The highest BCUT2D eigenvalue weighted by molar-refractivity contribution is 8.02. The molecule has 0 atom stereocenters. The first kappa shape index (κ1) is 14.6. The third-order valence-electron chi connectivity index (χ3n) is 2.03. The molecule has 1 N–H and O–H groups in total. The first-order chi connectivity index (χ1) is 8.51. The lowest BCUT2D eigenvalue weighted by molar-refractivity contribution is -0.403. The van der Waals surface area contributed by atoms with Crippen LogP contribution in [-0.4, -0.2) is 31.0 Å². The van der Waals surface area contributed by atoms with Crippen LogP contribution >= 0.6 is 11.8 Å². The summed E-state index contributed by atoms with van der Waals surface area (Å²) in [6, 6.07) is 3.82. The van der Waals surface area contributed by atoms with E-state index in [0.717, 1.165) is 24.3 Å². The molecule has 0 aliphatic heterocycles. The van der Waals surface area contributed by atoms with Gasteiger partial charge < -0.3 is 14.6 Å². The highest BCUT2D eigenvalue weighted by Crippen LogP contribution is 2.21. The van der Waals surface area contributed by atoms with Gasteiger partial charge >= 0.3 is 0 Å². The van der Waals surface area contributed by atoms with Gasteiger partial charge in [0.15, 0.2) is 0 Å². The summed E-state index contributed by atoms with van der Waals surface area (Å²) in [6.45, 7) is 0.744. The predicted octanol–water partition coefficient (Wildman–Crippen LogP) is 1.87. The zero-order valence-corrected chi connectivity index (χ0v) is 11.5. The van der Waals surface area contributed by atoms with Gasteiger partial charge in [0, 0.05) is 7.05 Å². The van der Waals surface area contributed by atoms with E-state index in [9.17, 15) is 10.1 Å². The van der Waals surface area contributed by atoms with E-state index in [0.29, 0.717) is 10.8 Å². The summed E-state index contributed by atoms with van der Waals surface area (Å²) in [4.78, 5) is 11.9. The molecule has 100 valence electrons. The fourth-order valence-electron chi connectivity index (χ4n) is 1.32. The van der Waals surface area contributed by atoms with E-state index in [1.807, 2.05) is 31.1 Å². The lowest BCUT2D eigenvalue weighted by atomic mass is 10.4. The number of nitrogens with one attached hydrogen (secondary N) is 1. The van der Waals surface area contributed by atoms with Gasteiger partial charge in [-0.15, -0.1) is 0 Å². The molecular weight excluding hydrogens is 254 g/mol. The average Bonchev–Trinajstić information content (AvgIpc) is 2.70. The summed E-state index contributed by atoms with van der Waals surface area (Å²) < 4.78 is 5.61. The quantitative estimate of drug-likeness (QED) is 0.603. The third kappa shape index (κ3) is 5.24. The van der Waals surface area contributed by atoms with Gasteiger partial charge in [0.2, 0.25) is 0 Å². The Labute approximate surface area is 110 Å². The summed E-state index contributed by atoms with van der Waals surface area (Å²) >= 11 is 1.34. The average molecular weight is 271 g/mol. The van der Waals surface area contributed by atoms with Gasteiger partial charge in [0.05, 0.1) is 17.2 Å². The highest BCUT2D eigenvalue weighted by atomic mass is 32.2. The Balaban J connectivity index is 2.52. The van der Waals surface area contributed by atoms with Crippen molar-refractivity contribution in [1.29, 1.82) is 0 Å². The van der Waals surface area contributed by atoms with E-state index in [1.54, 1.807) is 7.05 Å². The fraction of sp³-hybridized carbons (Fsp3) is 0.455. The van der Waals surface area contributed by atoms with E-state index in [-0.39, 0.29) is 0 Å². The van der Waals surface area contributed by atoms with Gasteiger partial charge in [-0.1, -0.05) is 11.8 Å². The normalized spacial score (nSPS) is 11.9. The van der Waals surface area contributed by atoms with Crippen molar-refractivity contribution >= 4 is 11.8 Å². The van der Waals surface area contributed by atoms with Gasteiger partial charge in [-0.3, -0.25) is 10.1 Å². The SMILES string of the molecule is CNC(=C[N+](=O)[O-])SCc1ccc(CN(C)C)o1. The van der Waals surface area contributed by atoms with Crippen molar-refractivity contribution in [1.82, 2.24) is 10.2 Å². The first-order valence-electron chi connectivity index (χ1n) is 5.39. The van der Waals surface area contributed by atoms with Crippen LogP contribution in [0.4, 0.5) is 0 Å². The van der Waals surface area contributed by atoms with Crippen LogP contribution in [-0.2, 0) is 12.3 Å². The topological polar surface area (TPSA) is 71.6 Å². The molecule has 0 aliphatic rings. The molecule has 0 fully saturated rings. The first-order valence-corrected chi connectivity index (χ1v) is 6.38. The number of thioether (sulfide) groups is 1. The molecule has 1 aromatic heterocycles. The second-order valence-corrected chi connectivity index (χ2v) is 4.94. The van der Waals surface area contributed by atoms with Gasteiger partial charge in [0.25, 0.3) is 6.20 Å². The lowest BCUT2D eigenvalue weighted by Gasteiger charge is -2.06. The van der Waals surface area contributed by atoms with Gasteiger partial charge in [-0.2, -0.15) is 0 Å². The van der Waals surface area contributed by atoms with E-state index in [4.69, 9.17) is 4.42 Å². The van der Waals surface area contributed by atoms with Crippen molar-refractivity contribution in [3.63, 3.8) is 0 Å². The van der Waals surface area contributed by atoms with Crippen molar-refractivity contribution in [3.8, 4) is 0 Å². The Hall–Kier alpha value is -1.47. The number of nitrogens with zero attached hydrogens (tertiary/aromatic N) is 2. The molecule has 0 unspecified atom stereocenters. The van der Waals surface area contributed by atoms with Crippen LogP contribution in [0.15, 0.2) is 27.8 Å².